The minimum Gasteiger partial charge on any atom is -0.465 e. The number of pyridine rings is 1. The van der Waals surface area contributed by atoms with Gasteiger partial charge in [-0.05, 0) is 46.3 Å². The largest absolute Gasteiger partial charge is 0.465 e. The van der Waals surface area contributed by atoms with Gasteiger partial charge in [-0.2, -0.15) is 0 Å². The first-order chi connectivity index (χ1) is 8.24. The molecule has 4 heteroatoms. The summed E-state index contributed by atoms with van der Waals surface area (Å²) in [6.45, 7) is 0. The summed E-state index contributed by atoms with van der Waals surface area (Å²) in [5, 5.41) is 0. The highest BCUT2D eigenvalue weighted by Gasteiger charge is 2.24. The summed E-state index contributed by atoms with van der Waals surface area (Å²) in [5.41, 5.74) is 1.68. The molecule has 0 unspecified atom stereocenters. The Morgan fingerprint density at radius 1 is 1.41 bits per heavy atom. The molecule has 1 fully saturated rings. The molecule has 0 bridgehead atoms. The Morgan fingerprint density at radius 2 is 2.12 bits per heavy atom. The molecule has 0 amide bonds. The van der Waals surface area contributed by atoms with Gasteiger partial charge in [0, 0.05) is 6.20 Å². The van der Waals surface area contributed by atoms with E-state index in [1.54, 1.807) is 6.20 Å². The van der Waals surface area contributed by atoms with Crippen molar-refractivity contribution >= 4 is 21.9 Å². The number of aromatic nitrogens is 1. The highest BCUT2D eigenvalue weighted by atomic mass is 79.9. The summed E-state index contributed by atoms with van der Waals surface area (Å²) in [7, 11) is 1.41. The van der Waals surface area contributed by atoms with Crippen LogP contribution in [0.1, 0.15) is 53.9 Å². The maximum absolute atomic E-state index is 11.8. The van der Waals surface area contributed by atoms with Gasteiger partial charge in [0.2, 0.25) is 0 Å². The van der Waals surface area contributed by atoms with E-state index in [0.29, 0.717) is 16.1 Å². The molecule has 2 rings (SSSR count). The van der Waals surface area contributed by atoms with E-state index in [9.17, 15) is 4.79 Å². The van der Waals surface area contributed by atoms with Crippen LogP contribution in [-0.4, -0.2) is 18.1 Å². The van der Waals surface area contributed by atoms with Crippen LogP contribution in [0.2, 0.25) is 0 Å². The number of carbonyl (C=O) groups excluding carboxylic acids is 1. The monoisotopic (exact) mass is 297 g/mol. The van der Waals surface area contributed by atoms with Crippen molar-refractivity contribution in [3.05, 3.63) is 28.0 Å². The normalized spacial score (nSPS) is 16.8. The van der Waals surface area contributed by atoms with Crippen LogP contribution in [0, 0.1) is 0 Å². The van der Waals surface area contributed by atoms with Gasteiger partial charge in [0.05, 0.1) is 12.7 Å². The van der Waals surface area contributed by atoms with Crippen LogP contribution in [0.5, 0.6) is 0 Å². The van der Waals surface area contributed by atoms with E-state index in [-0.39, 0.29) is 5.97 Å². The maximum atomic E-state index is 11.8. The Kier molecular flexibility index (Phi) is 4.15. The maximum Gasteiger partial charge on any atom is 0.340 e. The number of methoxy groups -OCH3 is 1. The van der Waals surface area contributed by atoms with Crippen molar-refractivity contribution in [1.29, 1.82) is 0 Å². The molecule has 0 atom stereocenters. The Bertz CT molecular complexity index is 414. The molecular formula is C13H16BrNO2. The fourth-order valence-corrected chi connectivity index (χ4v) is 3.02. The third-order valence-corrected chi connectivity index (χ3v) is 3.97. The van der Waals surface area contributed by atoms with Gasteiger partial charge < -0.3 is 4.74 Å². The van der Waals surface area contributed by atoms with Gasteiger partial charge in [0.1, 0.15) is 4.60 Å². The first-order valence-corrected chi connectivity index (χ1v) is 6.76. The molecule has 0 radical (unpaired) electrons. The Balaban J connectivity index is 2.38. The van der Waals surface area contributed by atoms with Crippen LogP contribution < -0.4 is 0 Å². The molecule has 0 spiro atoms. The van der Waals surface area contributed by atoms with Gasteiger partial charge in [-0.3, -0.25) is 0 Å². The van der Waals surface area contributed by atoms with Crippen LogP contribution in [0.3, 0.4) is 0 Å². The molecule has 0 N–H and O–H groups in total. The molecule has 0 saturated heterocycles. The second kappa shape index (κ2) is 5.63. The fraction of sp³-hybridized carbons (Fsp3) is 0.538. The van der Waals surface area contributed by atoms with Crippen LogP contribution >= 0.6 is 15.9 Å². The predicted octanol–water partition coefficient (Wildman–Crippen LogP) is 3.68. The van der Waals surface area contributed by atoms with Gasteiger partial charge in [0.25, 0.3) is 0 Å². The highest BCUT2D eigenvalue weighted by molar-refractivity contribution is 9.10. The average Bonchev–Trinajstić information content (AvgIpc) is 2.38. The molecule has 1 aliphatic rings. The molecular weight excluding hydrogens is 282 g/mol. The summed E-state index contributed by atoms with van der Waals surface area (Å²) < 4.78 is 5.43. The van der Waals surface area contributed by atoms with E-state index in [4.69, 9.17) is 4.74 Å². The first-order valence-electron chi connectivity index (χ1n) is 5.96. The Hall–Kier alpha value is -0.900. The molecule has 1 aliphatic carbocycles. The number of esters is 1. The van der Waals surface area contributed by atoms with Gasteiger partial charge in [0.15, 0.2) is 0 Å². The zero-order chi connectivity index (χ0) is 12.3. The smallest absolute Gasteiger partial charge is 0.340 e. The van der Waals surface area contributed by atoms with Crippen molar-refractivity contribution < 1.29 is 9.53 Å². The van der Waals surface area contributed by atoms with Crippen molar-refractivity contribution in [2.24, 2.45) is 0 Å². The standard InChI is InChI=1S/C13H16BrNO2/c1-17-13(16)11-10(7-8-15-12(11)14)9-5-3-2-4-6-9/h7-9H,2-6H2,1H3. The number of ether oxygens (including phenoxy) is 1. The lowest BCUT2D eigenvalue weighted by Gasteiger charge is -2.23. The van der Waals surface area contributed by atoms with Gasteiger partial charge in [-0.1, -0.05) is 19.3 Å². The number of nitrogens with zero attached hydrogens (tertiary/aromatic N) is 1. The number of halogens is 1. The van der Waals surface area contributed by atoms with Gasteiger partial charge >= 0.3 is 5.97 Å². The summed E-state index contributed by atoms with van der Waals surface area (Å²) >= 11 is 3.34. The molecule has 0 aliphatic heterocycles. The minimum atomic E-state index is -0.300. The Labute approximate surface area is 110 Å². The zero-order valence-electron chi connectivity index (χ0n) is 9.91. The average molecular weight is 298 g/mol. The number of carbonyl (C=O) groups is 1. The second-order valence-electron chi connectivity index (χ2n) is 4.39. The van der Waals surface area contributed by atoms with Crippen LogP contribution in [0.25, 0.3) is 0 Å². The summed E-state index contributed by atoms with van der Waals surface area (Å²) in [6, 6.07) is 1.95. The molecule has 1 aromatic heterocycles. The highest BCUT2D eigenvalue weighted by Crippen LogP contribution is 2.36. The lowest BCUT2D eigenvalue weighted by molar-refractivity contribution is 0.0597. The van der Waals surface area contributed by atoms with Crippen LogP contribution in [-0.2, 0) is 4.74 Å². The van der Waals surface area contributed by atoms with Crippen molar-refractivity contribution in [2.45, 2.75) is 38.0 Å². The summed E-state index contributed by atoms with van der Waals surface area (Å²) in [6.07, 6.45) is 7.84. The van der Waals surface area contributed by atoms with Crippen molar-refractivity contribution in [1.82, 2.24) is 4.98 Å². The quantitative estimate of drug-likeness (QED) is 0.617. The second-order valence-corrected chi connectivity index (χ2v) is 5.14. The van der Waals surface area contributed by atoms with E-state index in [0.717, 1.165) is 18.4 Å². The van der Waals surface area contributed by atoms with E-state index >= 15 is 0 Å². The number of hydrogen-bond acceptors (Lipinski definition) is 3. The number of hydrogen-bond donors (Lipinski definition) is 0. The topological polar surface area (TPSA) is 39.2 Å². The molecule has 92 valence electrons. The lowest BCUT2D eigenvalue weighted by atomic mass is 9.82. The van der Waals surface area contributed by atoms with Crippen molar-refractivity contribution in [3.8, 4) is 0 Å². The molecule has 1 saturated carbocycles. The van der Waals surface area contributed by atoms with E-state index in [2.05, 4.69) is 20.9 Å². The fourth-order valence-electron chi connectivity index (χ4n) is 2.51. The zero-order valence-corrected chi connectivity index (χ0v) is 11.5. The van der Waals surface area contributed by atoms with Crippen molar-refractivity contribution in [2.75, 3.05) is 7.11 Å². The molecule has 1 aromatic rings. The van der Waals surface area contributed by atoms with Crippen molar-refractivity contribution in [3.63, 3.8) is 0 Å². The summed E-state index contributed by atoms with van der Waals surface area (Å²) in [4.78, 5) is 15.9. The van der Waals surface area contributed by atoms with E-state index < -0.39 is 0 Å². The first kappa shape index (κ1) is 12.6. The van der Waals surface area contributed by atoms with E-state index in [1.807, 2.05) is 6.07 Å². The van der Waals surface area contributed by atoms with E-state index in [1.165, 1.54) is 26.4 Å². The molecule has 17 heavy (non-hydrogen) atoms. The van der Waals surface area contributed by atoms with Crippen LogP contribution in [0.15, 0.2) is 16.9 Å². The van der Waals surface area contributed by atoms with Crippen LogP contribution in [0.4, 0.5) is 0 Å². The minimum absolute atomic E-state index is 0.300. The van der Waals surface area contributed by atoms with Gasteiger partial charge in [-0.15, -0.1) is 0 Å². The third kappa shape index (κ3) is 2.68. The number of rotatable bonds is 2. The summed E-state index contributed by atoms with van der Waals surface area (Å²) in [5.74, 6) is 0.169. The predicted molar refractivity (Wildman–Crippen MR) is 69.1 cm³/mol. The molecule has 3 nitrogen and oxygen atoms in total. The third-order valence-electron chi connectivity index (χ3n) is 3.37. The lowest BCUT2D eigenvalue weighted by Crippen LogP contribution is -2.13. The SMILES string of the molecule is COC(=O)c1c(C2CCCCC2)ccnc1Br. The molecule has 0 aromatic carbocycles. The Morgan fingerprint density at radius 3 is 2.76 bits per heavy atom. The molecule has 1 heterocycles. The van der Waals surface area contributed by atoms with Gasteiger partial charge in [-0.25, -0.2) is 9.78 Å².